The highest BCUT2D eigenvalue weighted by Gasteiger charge is 2.25. The second kappa shape index (κ2) is 11.0. The summed E-state index contributed by atoms with van der Waals surface area (Å²) in [6.07, 6.45) is 1.71. The highest BCUT2D eigenvalue weighted by atomic mass is 16.5. The van der Waals surface area contributed by atoms with Gasteiger partial charge in [0, 0.05) is 41.8 Å². The number of benzodiazepines with no additional fused rings is 1. The van der Waals surface area contributed by atoms with Crippen LogP contribution in [0.4, 0.5) is 5.69 Å². The Hall–Kier alpha value is -4.62. The molecule has 0 saturated carbocycles. The van der Waals surface area contributed by atoms with Gasteiger partial charge in [-0.1, -0.05) is 84.6 Å². The lowest BCUT2D eigenvalue weighted by Gasteiger charge is -2.21. The molecule has 0 aliphatic carbocycles. The zero-order valence-electron chi connectivity index (χ0n) is 21.1. The number of rotatable bonds is 5. The number of carbonyl (C=O) groups is 1. The highest BCUT2D eigenvalue weighted by molar-refractivity contribution is 6.20. The second-order valence-electron chi connectivity index (χ2n) is 8.92. The highest BCUT2D eigenvalue weighted by Crippen LogP contribution is 2.38. The van der Waals surface area contributed by atoms with Crippen LogP contribution in [0.5, 0.6) is 5.75 Å². The number of aliphatic imine (C=N–C) groups is 1. The number of anilines is 1. The van der Waals surface area contributed by atoms with Gasteiger partial charge in [-0.05, 0) is 35.7 Å². The van der Waals surface area contributed by atoms with Gasteiger partial charge in [0.15, 0.2) is 0 Å². The fraction of sp³-hybridized carbons (Fsp3) is 0.152. The maximum absolute atomic E-state index is 12.8. The Morgan fingerprint density at radius 2 is 1.59 bits per heavy atom. The molecule has 0 atom stereocenters. The van der Waals surface area contributed by atoms with Crippen LogP contribution in [-0.2, 0) is 11.2 Å². The summed E-state index contributed by atoms with van der Waals surface area (Å²) < 4.78 is 5.74. The number of benzene rings is 4. The Balaban J connectivity index is 1.52. The summed E-state index contributed by atoms with van der Waals surface area (Å²) in [5.41, 5.74) is 7.58. The van der Waals surface area contributed by atoms with Crippen molar-refractivity contribution in [3.05, 3.63) is 119 Å². The van der Waals surface area contributed by atoms with Gasteiger partial charge in [-0.2, -0.15) is 0 Å². The third kappa shape index (κ3) is 5.32. The monoisotopic (exact) mass is 484 g/mol. The molecule has 4 nitrogen and oxygen atoms in total. The first kappa shape index (κ1) is 24.1. The van der Waals surface area contributed by atoms with Gasteiger partial charge in [0.05, 0.1) is 18.5 Å². The van der Waals surface area contributed by atoms with E-state index in [4.69, 9.17) is 9.73 Å². The van der Waals surface area contributed by atoms with Crippen LogP contribution in [0.25, 0.3) is 11.1 Å². The lowest BCUT2D eigenvalue weighted by Crippen LogP contribution is -2.27. The number of likely N-dealkylation sites (N-methyl/N-ethyl adjacent to an activating group) is 1. The number of nitrogens with zero attached hydrogens (tertiary/aromatic N) is 2. The molecular weight excluding hydrogens is 456 g/mol. The van der Waals surface area contributed by atoms with Crippen LogP contribution < -0.4 is 9.64 Å². The molecule has 0 unspecified atom stereocenters. The lowest BCUT2D eigenvalue weighted by molar-refractivity contribution is -0.116. The number of ether oxygens (including phenoxy) is 1. The molecule has 0 fully saturated rings. The molecule has 0 spiro atoms. The molecule has 4 aromatic carbocycles. The molecular formula is C33H28N2O2. The Morgan fingerprint density at radius 1 is 0.865 bits per heavy atom. The van der Waals surface area contributed by atoms with Gasteiger partial charge in [0.2, 0.25) is 5.91 Å². The molecule has 1 heterocycles. The quantitative estimate of drug-likeness (QED) is 0.318. The Morgan fingerprint density at radius 3 is 2.35 bits per heavy atom. The first-order valence-electron chi connectivity index (χ1n) is 12.4. The minimum atomic E-state index is -0.0670. The number of hydrogen-bond donors (Lipinski definition) is 0. The number of hydrogen-bond acceptors (Lipinski definition) is 3. The third-order valence-electron chi connectivity index (χ3n) is 6.52. The van der Waals surface area contributed by atoms with E-state index >= 15 is 0 Å². The van der Waals surface area contributed by atoms with Crippen LogP contribution in [0.2, 0.25) is 0 Å². The van der Waals surface area contributed by atoms with Gasteiger partial charge in [-0.15, -0.1) is 0 Å². The Kier molecular flexibility index (Phi) is 7.14. The second-order valence-corrected chi connectivity index (χ2v) is 8.92. The first-order valence-corrected chi connectivity index (χ1v) is 12.4. The average molecular weight is 485 g/mol. The van der Waals surface area contributed by atoms with Crippen molar-refractivity contribution in [1.29, 1.82) is 0 Å². The first-order chi connectivity index (χ1) is 18.1. The predicted molar refractivity (Wildman–Crippen MR) is 150 cm³/mol. The van der Waals surface area contributed by atoms with Gasteiger partial charge in [0.25, 0.3) is 0 Å². The number of carbonyl (C=O) groups excluding carboxylic acids is 1. The van der Waals surface area contributed by atoms with Crippen molar-refractivity contribution >= 4 is 17.3 Å². The molecule has 182 valence electrons. The lowest BCUT2D eigenvalue weighted by atomic mass is 9.94. The van der Waals surface area contributed by atoms with Gasteiger partial charge in [0.1, 0.15) is 12.3 Å². The summed E-state index contributed by atoms with van der Waals surface area (Å²) >= 11 is 0. The average Bonchev–Trinajstić information content (AvgIpc) is 3.07. The van der Waals surface area contributed by atoms with Crippen molar-refractivity contribution in [3.63, 3.8) is 0 Å². The van der Waals surface area contributed by atoms with Crippen LogP contribution >= 0.6 is 0 Å². The number of fused-ring (bicyclic) bond motifs is 1. The number of aryl methyl sites for hydroxylation is 1. The number of amides is 1. The molecule has 0 saturated heterocycles. The van der Waals surface area contributed by atoms with Crippen molar-refractivity contribution in [1.82, 2.24) is 0 Å². The molecule has 0 N–H and O–H groups in total. The van der Waals surface area contributed by atoms with Crippen molar-refractivity contribution in [2.24, 2.45) is 4.99 Å². The minimum Gasteiger partial charge on any atom is -0.496 e. The van der Waals surface area contributed by atoms with Gasteiger partial charge in [-0.25, -0.2) is 0 Å². The van der Waals surface area contributed by atoms with E-state index in [-0.39, 0.29) is 12.5 Å². The minimum absolute atomic E-state index is 0.0670. The zero-order chi connectivity index (χ0) is 25.6. The van der Waals surface area contributed by atoms with Gasteiger partial charge >= 0.3 is 0 Å². The molecule has 1 aliphatic rings. The number of methoxy groups -OCH3 is 1. The van der Waals surface area contributed by atoms with E-state index in [0.717, 1.165) is 52.1 Å². The molecule has 5 rings (SSSR count). The smallest absolute Gasteiger partial charge is 0.248 e. The van der Waals surface area contributed by atoms with E-state index in [0.29, 0.717) is 5.75 Å². The van der Waals surface area contributed by atoms with Crippen LogP contribution in [0.15, 0.2) is 102 Å². The van der Waals surface area contributed by atoms with Gasteiger partial charge < -0.3 is 9.64 Å². The van der Waals surface area contributed by atoms with E-state index in [1.54, 1.807) is 19.1 Å². The predicted octanol–water partition coefficient (Wildman–Crippen LogP) is 6.16. The molecule has 37 heavy (non-hydrogen) atoms. The normalized spacial score (nSPS) is 12.6. The van der Waals surface area contributed by atoms with Crippen molar-refractivity contribution < 1.29 is 9.53 Å². The van der Waals surface area contributed by atoms with Crippen LogP contribution in [0.1, 0.15) is 28.7 Å². The van der Waals surface area contributed by atoms with E-state index in [9.17, 15) is 4.79 Å². The summed E-state index contributed by atoms with van der Waals surface area (Å²) in [7, 11) is 3.44. The fourth-order valence-corrected chi connectivity index (χ4v) is 4.53. The zero-order valence-corrected chi connectivity index (χ0v) is 21.1. The van der Waals surface area contributed by atoms with Gasteiger partial charge in [-0.3, -0.25) is 9.79 Å². The van der Waals surface area contributed by atoms with Crippen LogP contribution in [-0.4, -0.2) is 32.3 Å². The summed E-state index contributed by atoms with van der Waals surface area (Å²) in [6, 6.07) is 32.6. The summed E-state index contributed by atoms with van der Waals surface area (Å²) in [4.78, 5) is 19.3. The molecule has 1 aliphatic heterocycles. The molecule has 4 heteroatoms. The standard InChI is InChI=1S/C33H28N2O2/c1-35-30-22-31(37-2)28(26-17-7-4-8-18-26)21-29(30)33(34-23-32(35)36)27-19-11-16-25(20-27)15-10-9-14-24-12-5-3-6-13-24/h3-8,11-13,16-22H,9,14,23H2,1-2H3. The van der Waals surface area contributed by atoms with Crippen molar-refractivity contribution in [2.75, 3.05) is 25.6 Å². The summed E-state index contributed by atoms with van der Waals surface area (Å²) in [5, 5.41) is 0. The molecule has 0 bridgehead atoms. The van der Waals surface area contributed by atoms with Crippen LogP contribution in [0, 0.1) is 11.8 Å². The molecule has 0 aromatic heterocycles. The summed E-state index contributed by atoms with van der Waals surface area (Å²) in [5.74, 6) is 7.25. The fourth-order valence-electron chi connectivity index (χ4n) is 4.53. The van der Waals surface area contributed by atoms with E-state index < -0.39 is 0 Å². The SMILES string of the molecule is COc1cc2c(cc1-c1ccccc1)C(c1cccc(C#CCCc3ccccc3)c1)=NCC(=O)N2C. The largest absolute Gasteiger partial charge is 0.496 e. The van der Waals surface area contributed by atoms with Crippen LogP contribution in [0.3, 0.4) is 0 Å². The molecule has 0 radical (unpaired) electrons. The molecule has 1 amide bonds. The van der Waals surface area contributed by atoms with Crippen molar-refractivity contribution in [2.45, 2.75) is 12.8 Å². The third-order valence-corrected chi connectivity index (χ3v) is 6.52. The topological polar surface area (TPSA) is 41.9 Å². The van der Waals surface area contributed by atoms with E-state index in [1.807, 2.05) is 48.5 Å². The maximum Gasteiger partial charge on any atom is 0.248 e. The Labute approximate surface area is 218 Å². The molecule has 4 aromatic rings. The van der Waals surface area contributed by atoms with Crippen molar-refractivity contribution in [3.8, 4) is 28.7 Å². The summed E-state index contributed by atoms with van der Waals surface area (Å²) in [6.45, 7) is 0.0798. The Bertz CT molecular complexity index is 1510. The van der Waals surface area contributed by atoms with E-state index in [2.05, 4.69) is 60.4 Å². The maximum atomic E-state index is 12.8. The van der Waals surface area contributed by atoms with E-state index in [1.165, 1.54) is 5.56 Å².